The molecule has 0 aliphatic carbocycles. The minimum atomic E-state index is -4.30. The van der Waals surface area contributed by atoms with Gasteiger partial charge in [-0.3, -0.25) is 9.59 Å². The molecule has 25 heavy (non-hydrogen) atoms. The molecule has 1 amide bonds. The van der Waals surface area contributed by atoms with Gasteiger partial charge in [-0.15, -0.1) is 0 Å². The number of benzene rings is 1. The van der Waals surface area contributed by atoms with Crippen molar-refractivity contribution in [1.82, 2.24) is 10.0 Å². The number of hydrogen-bond acceptors (Lipinski definition) is 5. The number of ether oxygens (including phenoxy) is 1. The van der Waals surface area contributed by atoms with Crippen molar-refractivity contribution >= 4 is 33.5 Å². The van der Waals surface area contributed by atoms with E-state index in [1.165, 1.54) is 20.2 Å². The smallest absolute Gasteiger partial charge is 0.321 e. The van der Waals surface area contributed by atoms with Crippen LogP contribution in [0.2, 0.25) is 5.02 Å². The Balaban J connectivity index is 3.44. The molecule has 1 atom stereocenters. The van der Waals surface area contributed by atoms with Gasteiger partial charge in [-0.25, -0.2) is 8.42 Å². The summed E-state index contributed by atoms with van der Waals surface area (Å²) < 4.78 is 32.6. The van der Waals surface area contributed by atoms with Gasteiger partial charge in [0.1, 0.15) is 10.9 Å². The molecular formula is C15H21ClN2O6S. The second kappa shape index (κ2) is 8.50. The first-order valence-corrected chi connectivity index (χ1v) is 9.24. The van der Waals surface area contributed by atoms with Crippen molar-refractivity contribution in [1.29, 1.82) is 0 Å². The number of carbonyl (C=O) groups excluding carboxylic acids is 1. The van der Waals surface area contributed by atoms with Gasteiger partial charge in [0.15, 0.2) is 5.75 Å². The highest BCUT2D eigenvalue weighted by Crippen LogP contribution is 2.32. The minimum Gasteiger partial charge on any atom is -0.494 e. The van der Waals surface area contributed by atoms with Crippen LogP contribution >= 0.6 is 11.6 Å². The SMILES string of the molecule is CNC(=O)c1cc(Cl)cc(S(=O)(=O)N[C@H](CC(C)C)C(=O)O)c1OC. The van der Waals surface area contributed by atoms with Crippen molar-refractivity contribution in [2.75, 3.05) is 14.2 Å². The molecule has 8 nitrogen and oxygen atoms in total. The third kappa shape index (κ3) is 5.32. The number of hydrogen-bond donors (Lipinski definition) is 3. The van der Waals surface area contributed by atoms with Crippen molar-refractivity contribution in [3.63, 3.8) is 0 Å². The summed E-state index contributed by atoms with van der Waals surface area (Å²) in [5.41, 5.74) is -0.0754. The van der Waals surface area contributed by atoms with Crippen molar-refractivity contribution in [2.45, 2.75) is 31.2 Å². The summed E-state index contributed by atoms with van der Waals surface area (Å²) in [5, 5.41) is 11.6. The lowest BCUT2D eigenvalue weighted by molar-refractivity contribution is -0.139. The maximum absolute atomic E-state index is 12.7. The van der Waals surface area contributed by atoms with Crippen LogP contribution in [0.25, 0.3) is 0 Å². The fourth-order valence-corrected chi connectivity index (χ4v) is 3.90. The predicted octanol–water partition coefficient (Wildman–Crippen LogP) is 1.49. The molecule has 3 N–H and O–H groups in total. The lowest BCUT2D eigenvalue weighted by Gasteiger charge is -2.19. The maximum atomic E-state index is 12.7. The number of nitrogens with one attached hydrogen (secondary N) is 2. The molecule has 0 heterocycles. The van der Waals surface area contributed by atoms with E-state index < -0.39 is 32.8 Å². The second-order valence-electron chi connectivity index (χ2n) is 5.71. The molecule has 0 unspecified atom stereocenters. The van der Waals surface area contributed by atoms with Crippen LogP contribution in [-0.4, -0.2) is 45.6 Å². The second-order valence-corrected chi connectivity index (χ2v) is 7.82. The molecular weight excluding hydrogens is 372 g/mol. The van der Waals surface area contributed by atoms with E-state index in [1.54, 1.807) is 13.8 Å². The van der Waals surface area contributed by atoms with E-state index in [4.69, 9.17) is 16.3 Å². The summed E-state index contributed by atoms with van der Waals surface area (Å²) >= 11 is 5.93. The molecule has 0 saturated heterocycles. The van der Waals surface area contributed by atoms with Crippen LogP contribution in [-0.2, 0) is 14.8 Å². The minimum absolute atomic E-state index is 0.00416. The Morgan fingerprint density at radius 2 is 1.92 bits per heavy atom. The zero-order valence-corrected chi connectivity index (χ0v) is 15.9. The normalized spacial score (nSPS) is 12.7. The molecule has 0 spiro atoms. The fraction of sp³-hybridized carbons (Fsp3) is 0.467. The van der Waals surface area contributed by atoms with Crippen LogP contribution in [0.15, 0.2) is 17.0 Å². The van der Waals surface area contributed by atoms with E-state index in [-0.39, 0.29) is 28.7 Å². The van der Waals surface area contributed by atoms with E-state index in [0.717, 1.165) is 6.07 Å². The maximum Gasteiger partial charge on any atom is 0.321 e. The Bertz CT molecular complexity index is 764. The van der Waals surface area contributed by atoms with Gasteiger partial charge in [-0.05, 0) is 24.5 Å². The summed E-state index contributed by atoms with van der Waals surface area (Å²) in [6.07, 6.45) is 0.0970. The quantitative estimate of drug-likeness (QED) is 0.616. The van der Waals surface area contributed by atoms with Gasteiger partial charge in [0, 0.05) is 12.1 Å². The van der Waals surface area contributed by atoms with Crippen molar-refractivity contribution in [2.24, 2.45) is 5.92 Å². The lowest BCUT2D eigenvalue weighted by atomic mass is 10.1. The zero-order chi connectivity index (χ0) is 19.4. The third-order valence-corrected chi connectivity index (χ3v) is 4.98. The lowest BCUT2D eigenvalue weighted by Crippen LogP contribution is -2.41. The first-order valence-electron chi connectivity index (χ1n) is 7.38. The molecule has 1 aromatic carbocycles. The monoisotopic (exact) mass is 392 g/mol. The molecule has 1 rings (SSSR count). The Morgan fingerprint density at radius 1 is 1.32 bits per heavy atom. The number of halogens is 1. The van der Waals surface area contributed by atoms with Gasteiger partial charge in [0.2, 0.25) is 10.0 Å². The number of methoxy groups -OCH3 is 1. The van der Waals surface area contributed by atoms with Crippen LogP contribution in [0.4, 0.5) is 0 Å². The summed E-state index contributed by atoms with van der Waals surface area (Å²) in [6, 6.07) is 1.04. The highest BCUT2D eigenvalue weighted by molar-refractivity contribution is 7.89. The zero-order valence-electron chi connectivity index (χ0n) is 14.3. The van der Waals surface area contributed by atoms with Gasteiger partial charge in [0.25, 0.3) is 5.91 Å². The largest absolute Gasteiger partial charge is 0.494 e. The van der Waals surface area contributed by atoms with Crippen LogP contribution in [0.1, 0.15) is 30.6 Å². The van der Waals surface area contributed by atoms with Crippen LogP contribution in [0.5, 0.6) is 5.75 Å². The number of aliphatic carboxylic acids is 1. The molecule has 10 heteroatoms. The van der Waals surface area contributed by atoms with Crippen molar-refractivity contribution < 1.29 is 27.9 Å². The molecule has 1 aromatic rings. The predicted molar refractivity (Wildman–Crippen MR) is 92.6 cm³/mol. The van der Waals surface area contributed by atoms with Gasteiger partial charge in [0.05, 0.1) is 12.7 Å². The number of sulfonamides is 1. The molecule has 0 aromatic heterocycles. The fourth-order valence-electron chi connectivity index (χ4n) is 2.20. The van der Waals surface area contributed by atoms with Crippen LogP contribution in [0, 0.1) is 5.92 Å². The standard InChI is InChI=1S/C15H21ClN2O6S/c1-8(2)5-11(15(20)21)18-25(22,23)12-7-9(16)6-10(13(12)24-4)14(19)17-3/h6-8,11,18H,5H2,1-4H3,(H,17,19)(H,20,21)/t11-/m1/s1. The van der Waals surface area contributed by atoms with E-state index in [9.17, 15) is 23.1 Å². The molecule has 0 bridgehead atoms. The van der Waals surface area contributed by atoms with E-state index in [0.29, 0.717) is 0 Å². The van der Waals surface area contributed by atoms with Gasteiger partial charge in [-0.1, -0.05) is 25.4 Å². The highest BCUT2D eigenvalue weighted by atomic mass is 35.5. The molecule has 0 fully saturated rings. The molecule has 0 saturated carbocycles. The molecule has 0 aliphatic rings. The first-order chi connectivity index (χ1) is 11.5. The Kier molecular flexibility index (Phi) is 7.21. The Morgan fingerprint density at radius 3 is 2.36 bits per heavy atom. The number of carbonyl (C=O) groups is 2. The van der Waals surface area contributed by atoms with Gasteiger partial charge < -0.3 is 15.2 Å². The average Bonchev–Trinajstić information content (AvgIpc) is 2.51. The number of amides is 1. The van der Waals surface area contributed by atoms with Crippen molar-refractivity contribution in [3.8, 4) is 5.75 Å². The van der Waals surface area contributed by atoms with E-state index in [1.807, 2.05) is 0 Å². The summed E-state index contributed by atoms with van der Waals surface area (Å²) in [5.74, 6) is -2.16. The van der Waals surface area contributed by atoms with E-state index in [2.05, 4.69) is 10.0 Å². The first kappa shape index (κ1) is 21.2. The molecule has 0 radical (unpaired) electrons. The summed E-state index contributed by atoms with van der Waals surface area (Å²) in [7, 11) is -1.72. The van der Waals surface area contributed by atoms with Gasteiger partial charge >= 0.3 is 5.97 Å². The molecule has 0 aliphatic heterocycles. The summed E-state index contributed by atoms with van der Waals surface area (Å²) in [6.45, 7) is 3.54. The topological polar surface area (TPSA) is 122 Å². The highest BCUT2D eigenvalue weighted by Gasteiger charge is 2.30. The van der Waals surface area contributed by atoms with Gasteiger partial charge in [-0.2, -0.15) is 4.72 Å². The Hall–Kier alpha value is -1.84. The van der Waals surface area contributed by atoms with Crippen molar-refractivity contribution in [3.05, 3.63) is 22.7 Å². The van der Waals surface area contributed by atoms with Crippen LogP contribution in [0.3, 0.4) is 0 Å². The summed E-state index contributed by atoms with van der Waals surface area (Å²) in [4.78, 5) is 22.9. The molecule has 140 valence electrons. The number of carboxylic acids is 1. The Labute approximate surface area is 151 Å². The third-order valence-electron chi connectivity index (χ3n) is 3.29. The number of rotatable bonds is 8. The number of carboxylic acid groups (broad SMARTS) is 1. The average molecular weight is 393 g/mol. The van der Waals surface area contributed by atoms with E-state index >= 15 is 0 Å². The van der Waals surface area contributed by atoms with Crippen LogP contribution < -0.4 is 14.8 Å².